The standard InChI is InChI=1S/C12H13N3O4/c1-19-12(18)7-2-4-8(5-3-7)13-11(17)9-6-10(16)15-14-9/h2-5,9,14H,6H2,1H3,(H,13,17)(H,15,16). The van der Waals surface area contributed by atoms with Crippen LogP contribution in [-0.2, 0) is 14.3 Å². The van der Waals surface area contributed by atoms with Crippen molar-refractivity contribution >= 4 is 23.5 Å². The molecule has 1 fully saturated rings. The van der Waals surface area contributed by atoms with E-state index in [2.05, 4.69) is 20.9 Å². The third-order valence-electron chi connectivity index (χ3n) is 2.67. The fourth-order valence-corrected chi connectivity index (χ4v) is 1.65. The monoisotopic (exact) mass is 263 g/mol. The van der Waals surface area contributed by atoms with Gasteiger partial charge in [-0.1, -0.05) is 0 Å². The molecule has 0 aromatic heterocycles. The first-order chi connectivity index (χ1) is 9.10. The highest BCUT2D eigenvalue weighted by Crippen LogP contribution is 2.11. The van der Waals surface area contributed by atoms with Gasteiger partial charge in [-0.15, -0.1) is 0 Å². The van der Waals surface area contributed by atoms with Gasteiger partial charge in [0.25, 0.3) is 0 Å². The molecule has 7 nitrogen and oxygen atoms in total. The van der Waals surface area contributed by atoms with Gasteiger partial charge < -0.3 is 10.1 Å². The Balaban J connectivity index is 1.97. The topological polar surface area (TPSA) is 96.5 Å². The molecule has 2 rings (SSSR count). The number of anilines is 1. The minimum Gasteiger partial charge on any atom is -0.465 e. The van der Waals surface area contributed by atoms with E-state index < -0.39 is 12.0 Å². The van der Waals surface area contributed by atoms with Crippen LogP contribution in [-0.4, -0.2) is 30.9 Å². The summed E-state index contributed by atoms with van der Waals surface area (Å²) in [7, 11) is 1.30. The largest absolute Gasteiger partial charge is 0.465 e. The van der Waals surface area contributed by atoms with Gasteiger partial charge in [0, 0.05) is 5.69 Å². The van der Waals surface area contributed by atoms with Crippen LogP contribution in [0.15, 0.2) is 24.3 Å². The highest BCUT2D eigenvalue weighted by molar-refractivity contribution is 5.99. The zero-order chi connectivity index (χ0) is 13.8. The third kappa shape index (κ3) is 3.08. The molecule has 1 aliphatic rings. The second kappa shape index (κ2) is 5.49. The maximum Gasteiger partial charge on any atom is 0.337 e. The average Bonchev–Trinajstić information content (AvgIpc) is 2.85. The Hall–Kier alpha value is -2.41. The summed E-state index contributed by atoms with van der Waals surface area (Å²) in [4.78, 5) is 34.0. The maximum absolute atomic E-state index is 11.8. The lowest BCUT2D eigenvalue weighted by Crippen LogP contribution is -2.39. The van der Waals surface area contributed by atoms with Gasteiger partial charge in [0.1, 0.15) is 6.04 Å². The number of hydrazine groups is 1. The summed E-state index contributed by atoms with van der Waals surface area (Å²) in [6, 6.07) is 5.69. The molecule has 100 valence electrons. The first kappa shape index (κ1) is 13.0. The quantitative estimate of drug-likeness (QED) is 0.656. The maximum atomic E-state index is 11.8. The summed E-state index contributed by atoms with van der Waals surface area (Å²) < 4.78 is 4.57. The lowest BCUT2D eigenvalue weighted by atomic mass is 10.2. The third-order valence-corrected chi connectivity index (χ3v) is 2.67. The number of carbonyl (C=O) groups is 3. The SMILES string of the molecule is COC(=O)c1ccc(NC(=O)C2CC(=O)NN2)cc1. The van der Waals surface area contributed by atoms with E-state index in [0.29, 0.717) is 11.3 Å². The fourth-order valence-electron chi connectivity index (χ4n) is 1.65. The van der Waals surface area contributed by atoms with E-state index in [-0.39, 0.29) is 18.2 Å². The van der Waals surface area contributed by atoms with Gasteiger partial charge in [0.2, 0.25) is 11.8 Å². The van der Waals surface area contributed by atoms with Crippen molar-refractivity contribution in [1.29, 1.82) is 0 Å². The van der Waals surface area contributed by atoms with E-state index >= 15 is 0 Å². The van der Waals surface area contributed by atoms with Crippen LogP contribution in [0, 0.1) is 0 Å². The molecule has 0 bridgehead atoms. The normalized spacial score (nSPS) is 17.7. The molecule has 19 heavy (non-hydrogen) atoms. The van der Waals surface area contributed by atoms with Gasteiger partial charge >= 0.3 is 5.97 Å². The van der Waals surface area contributed by atoms with Crippen LogP contribution in [0.4, 0.5) is 5.69 Å². The number of benzene rings is 1. The van der Waals surface area contributed by atoms with Crippen molar-refractivity contribution in [2.24, 2.45) is 0 Å². The second-order valence-corrected chi connectivity index (χ2v) is 4.01. The molecule has 0 radical (unpaired) electrons. The van der Waals surface area contributed by atoms with Crippen molar-refractivity contribution in [2.75, 3.05) is 12.4 Å². The van der Waals surface area contributed by atoms with Crippen LogP contribution >= 0.6 is 0 Å². The summed E-state index contributed by atoms with van der Waals surface area (Å²) in [5, 5.41) is 2.64. The van der Waals surface area contributed by atoms with Crippen LogP contribution in [0.2, 0.25) is 0 Å². The average molecular weight is 263 g/mol. The van der Waals surface area contributed by atoms with Crippen molar-refractivity contribution in [3.05, 3.63) is 29.8 Å². The number of hydrogen-bond acceptors (Lipinski definition) is 5. The van der Waals surface area contributed by atoms with Crippen LogP contribution in [0.1, 0.15) is 16.8 Å². The smallest absolute Gasteiger partial charge is 0.337 e. The van der Waals surface area contributed by atoms with Gasteiger partial charge in [-0.25, -0.2) is 10.2 Å². The Morgan fingerprint density at radius 1 is 1.32 bits per heavy atom. The Morgan fingerprint density at radius 2 is 2.00 bits per heavy atom. The Kier molecular flexibility index (Phi) is 3.76. The lowest BCUT2D eigenvalue weighted by molar-refractivity contribution is -0.121. The highest BCUT2D eigenvalue weighted by Gasteiger charge is 2.27. The molecule has 1 atom stereocenters. The minimum atomic E-state index is -0.590. The van der Waals surface area contributed by atoms with E-state index in [4.69, 9.17) is 0 Å². The van der Waals surface area contributed by atoms with E-state index in [9.17, 15) is 14.4 Å². The van der Waals surface area contributed by atoms with Gasteiger partial charge in [0.15, 0.2) is 0 Å². The lowest BCUT2D eigenvalue weighted by Gasteiger charge is -2.10. The summed E-state index contributed by atoms with van der Waals surface area (Å²) in [6.07, 6.45) is 0.103. The zero-order valence-electron chi connectivity index (χ0n) is 10.2. The number of amides is 2. The molecular weight excluding hydrogens is 250 g/mol. The van der Waals surface area contributed by atoms with Crippen molar-refractivity contribution in [3.8, 4) is 0 Å². The molecule has 0 spiro atoms. The number of hydrogen-bond donors (Lipinski definition) is 3. The first-order valence-corrected chi connectivity index (χ1v) is 5.64. The number of ether oxygens (including phenoxy) is 1. The number of nitrogens with one attached hydrogen (secondary N) is 3. The molecule has 2 amide bonds. The number of rotatable bonds is 3. The number of carbonyl (C=O) groups excluding carboxylic acids is 3. The van der Waals surface area contributed by atoms with Gasteiger partial charge in [-0.2, -0.15) is 0 Å². The summed E-state index contributed by atoms with van der Waals surface area (Å²) >= 11 is 0. The summed E-state index contributed by atoms with van der Waals surface area (Å²) in [5.41, 5.74) is 5.88. The van der Waals surface area contributed by atoms with Gasteiger partial charge in [-0.3, -0.25) is 15.0 Å². The van der Waals surface area contributed by atoms with Crippen LogP contribution in [0.25, 0.3) is 0 Å². The minimum absolute atomic E-state index is 0.103. The van der Waals surface area contributed by atoms with Gasteiger partial charge in [0.05, 0.1) is 19.1 Å². The van der Waals surface area contributed by atoms with Gasteiger partial charge in [-0.05, 0) is 24.3 Å². The molecule has 1 heterocycles. The van der Waals surface area contributed by atoms with E-state index in [1.807, 2.05) is 0 Å². The molecule has 0 saturated carbocycles. The van der Waals surface area contributed by atoms with Crippen molar-refractivity contribution in [1.82, 2.24) is 10.9 Å². The van der Waals surface area contributed by atoms with Crippen LogP contribution < -0.4 is 16.2 Å². The zero-order valence-corrected chi connectivity index (χ0v) is 10.2. The molecule has 1 aromatic rings. The Bertz CT molecular complexity index is 512. The molecule has 3 N–H and O–H groups in total. The Morgan fingerprint density at radius 3 is 2.53 bits per heavy atom. The highest BCUT2D eigenvalue weighted by atomic mass is 16.5. The van der Waals surface area contributed by atoms with Crippen LogP contribution in [0.5, 0.6) is 0 Å². The molecule has 1 saturated heterocycles. The van der Waals surface area contributed by atoms with E-state index in [1.165, 1.54) is 7.11 Å². The number of esters is 1. The van der Waals surface area contributed by atoms with Crippen molar-refractivity contribution in [2.45, 2.75) is 12.5 Å². The first-order valence-electron chi connectivity index (χ1n) is 5.64. The predicted molar refractivity (Wildman–Crippen MR) is 66.1 cm³/mol. The molecule has 1 aliphatic heterocycles. The Labute approximate surface area is 109 Å². The molecular formula is C12H13N3O4. The second-order valence-electron chi connectivity index (χ2n) is 4.01. The fraction of sp³-hybridized carbons (Fsp3) is 0.250. The summed E-state index contributed by atoms with van der Waals surface area (Å²) in [5.74, 6) is -0.976. The summed E-state index contributed by atoms with van der Waals surface area (Å²) in [6.45, 7) is 0. The molecule has 1 unspecified atom stereocenters. The van der Waals surface area contributed by atoms with Crippen molar-refractivity contribution < 1.29 is 19.1 Å². The molecule has 0 aliphatic carbocycles. The predicted octanol–water partition coefficient (Wildman–Crippen LogP) is -0.195. The molecule has 1 aromatic carbocycles. The molecule has 7 heteroatoms. The van der Waals surface area contributed by atoms with Crippen LogP contribution in [0.3, 0.4) is 0 Å². The number of methoxy groups -OCH3 is 1. The van der Waals surface area contributed by atoms with Crippen molar-refractivity contribution in [3.63, 3.8) is 0 Å². The van der Waals surface area contributed by atoms with E-state index in [0.717, 1.165) is 0 Å². The van der Waals surface area contributed by atoms with E-state index in [1.54, 1.807) is 24.3 Å².